The third kappa shape index (κ3) is 6.71. The van der Waals surface area contributed by atoms with Crippen LogP contribution in [0, 0.1) is 0 Å². The predicted octanol–water partition coefficient (Wildman–Crippen LogP) is 8.40. The van der Waals surface area contributed by atoms with E-state index in [1.165, 1.54) is 18.4 Å². The summed E-state index contributed by atoms with van der Waals surface area (Å²) in [5.41, 5.74) is 4.28. The van der Waals surface area contributed by atoms with E-state index in [2.05, 4.69) is 19.9 Å². The molecule has 0 atom stereocenters. The number of aryl methyl sites for hydroxylation is 1. The first-order valence-corrected chi connectivity index (χ1v) is 11.9. The highest BCUT2D eigenvalue weighted by molar-refractivity contribution is 5.75. The molecule has 0 aromatic heterocycles. The highest BCUT2D eigenvalue weighted by atomic mass is 16.7. The van der Waals surface area contributed by atoms with E-state index < -0.39 is 6.16 Å². The third-order valence-corrected chi connectivity index (χ3v) is 5.67. The molecule has 0 fully saturated rings. The van der Waals surface area contributed by atoms with Crippen LogP contribution in [0.1, 0.15) is 63.5 Å². The van der Waals surface area contributed by atoms with Crippen molar-refractivity contribution in [1.29, 1.82) is 0 Å². The van der Waals surface area contributed by atoms with Crippen molar-refractivity contribution in [3.63, 3.8) is 0 Å². The van der Waals surface area contributed by atoms with Crippen LogP contribution in [0.2, 0.25) is 0 Å². The monoisotopic (exact) mass is 430 g/mol. The molecule has 0 radical (unpaired) electrons. The van der Waals surface area contributed by atoms with Crippen molar-refractivity contribution in [1.82, 2.24) is 0 Å². The summed E-state index contributed by atoms with van der Waals surface area (Å²) in [6, 6.07) is 23.5. The lowest BCUT2D eigenvalue weighted by atomic mass is 9.96. The largest absolute Gasteiger partial charge is 0.519 e. The molecule has 0 unspecified atom stereocenters. The second kappa shape index (κ2) is 12.7. The van der Waals surface area contributed by atoms with E-state index in [1.54, 1.807) is 6.07 Å². The maximum atomic E-state index is 12.8. The van der Waals surface area contributed by atoms with Crippen LogP contribution < -0.4 is 9.47 Å². The Bertz CT molecular complexity index is 979. The molecular weight excluding hydrogens is 396 g/mol. The fourth-order valence-corrected chi connectivity index (χ4v) is 3.95. The van der Waals surface area contributed by atoms with Gasteiger partial charge in [0.15, 0.2) is 0 Å². The van der Waals surface area contributed by atoms with E-state index in [-0.39, 0.29) is 0 Å². The van der Waals surface area contributed by atoms with Crippen LogP contribution in [0.25, 0.3) is 11.1 Å². The van der Waals surface area contributed by atoms with E-state index in [4.69, 9.17) is 9.47 Å². The van der Waals surface area contributed by atoms with Crippen LogP contribution in [-0.2, 0) is 12.8 Å². The highest BCUT2D eigenvalue weighted by Gasteiger charge is 2.16. The average Bonchev–Trinajstić information content (AvgIpc) is 2.82. The molecule has 0 aliphatic rings. The normalized spacial score (nSPS) is 10.7. The van der Waals surface area contributed by atoms with Crippen molar-refractivity contribution < 1.29 is 14.3 Å². The number of benzene rings is 3. The molecule has 3 aromatic carbocycles. The number of para-hydroxylation sites is 1. The number of rotatable bonds is 11. The fourth-order valence-electron chi connectivity index (χ4n) is 3.95. The summed E-state index contributed by atoms with van der Waals surface area (Å²) in [6.45, 7) is 4.41. The first kappa shape index (κ1) is 23.6. The van der Waals surface area contributed by atoms with Crippen molar-refractivity contribution in [3.05, 3.63) is 83.9 Å². The Hall–Kier alpha value is -3.07. The van der Waals surface area contributed by atoms with Gasteiger partial charge in [-0.1, -0.05) is 100 Å². The van der Waals surface area contributed by atoms with Crippen molar-refractivity contribution in [2.45, 2.75) is 65.2 Å². The molecule has 0 heterocycles. The molecule has 3 rings (SSSR count). The van der Waals surface area contributed by atoms with Crippen LogP contribution in [0.5, 0.6) is 11.5 Å². The third-order valence-electron chi connectivity index (χ3n) is 5.67. The standard InChI is InChI=1S/C29H34O3/c1-3-5-8-15-24-18-14-22-28(25(24)19-9-6-4-2)32-29(30)31-27-21-13-12-20-26(27)23-16-10-7-11-17-23/h7,10-14,16-18,20-22H,3-6,8-9,15,19H2,1-2H3. The molecule has 3 heteroatoms. The zero-order valence-electron chi connectivity index (χ0n) is 19.3. The van der Waals surface area contributed by atoms with Gasteiger partial charge in [-0.15, -0.1) is 0 Å². The number of unbranched alkanes of at least 4 members (excludes halogenated alkanes) is 4. The Morgan fingerprint density at radius 1 is 0.656 bits per heavy atom. The van der Waals surface area contributed by atoms with E-state index >= 15 is 0 Å². The molecule has 3 nitrogen and oxygen atoms in total. The first-order chi connectivity index (χ1) is 15.7. The maximum Gasteiger partial charge on any atom is 0.519 e. The van der Waals surface area contributed by atoms with Gasteiger partial charge in [-0.2, -0.15) is 0 Å². The summed E-state index contributed by atoms with van der Waals surface area (Å²) in [5, 5.41) is 0. The van der Waals surface area contributed by atoms with Gasteiger partial charge < -0.3 is 9.47 Å². The average molecular weight is 431 g/mol. The van der Waals surface area contributed by atoms with E-state index in [0.29, 0.717) is 11.5 Å². The van der Waals surface area contributed by atoms with Gasteiger partial charge in [0.2, 0.25) is 0 Å². The molecule has 32 heavy (non-hydrogen) atoms. The van der Waals surface area contributed by atoms with Crippen LogP contribution in [0.15, 0.2) is 72.8 Å². The van der Waals surface area contributed by atoms with Crippen molar-refractivity contribution in [2.75, 3.05) is 0 Å². The van der Waals surface area contributed by atoms with Gasteiger partial charge in [0, 0.05) is 5.56 Å². The van der Waals surface area contributed by atoms with Gasteiger partial charge in [0.05, 0.1) is 0 Å². The zero-order valence-corrected chi connectivity index (χ0v) is 19.3. The van der Waals surface area contributed by atoms with Gasteiger partial charge in [0.1, 0.15) is 11.5 Å². The summed E-state index contributed by atoms with van der Waals surface area (Å²) in [6.07, 6.45) is 8.18. The first-order valence-electron chi connectivity index (χ1n) is 11.9. The Kier molecular flexibility index (Phi) is 9.37. The lowest BCUT2D eigenvalue weighted by molar-refractivity contribution is 0.151. The summed E-state index contributed by atoms with van der Waals surface area (Å²) < 4.78 is 11.4. The Morgan fingerprint density at radius 2 is 1.28 bits per heavy atom. The van der Waals surface area contributed by atoms with Gasteiger partial charge in [0.25, 0.3) is 0 Å². The minimum absolute atomic E-state index is 0.496. The minimum atomic E-state index is -0.698. The SMILES string of the molecule is CCCCCc1cccc(OC(=O)Oc2ccccc2-c2ccccc2)c1CCCCC. The smallest absolute Gasteiger partial charge is 0.394 e. The van der Waals surface area contributed by atoms with Gasteiger partial charge >= 0.3 is 6.16 Å². The summed E-state index contributed by atoms with van der Waals surface area (Å²) >= 11 is 0. The van der Waals surface area contributed by atoms with Crippen molar-refractivity contribution >= 4 is 6.16 Å². The molecule has 0 bridgehead atoms. The molecule has 0 saturated heterocycles. The molecule has 0 spiro atoms. The number of hydrogen-bond donors (Lipinski definition) is 0. The second-order valence-electron chi connectivity index (χ2n) is 8.12. The van der Waals surface area contributed by atoms with E-state index in [1.807, 2.05) is 60.7 Å². The number of carbonyl (C=O) groups is 1. The molecule has 0 aliphatic carbocycles. The van der Waals surface area contributed by atoms with Crippen LogP contribution in [-0.4, -0.2) is 6.16 Å². The molecule has 3 aromatic rings. The van der Waals surface area contributed by atoms with Gasteiger partial charge in [-0.25, -0.2) is 4.79 Å². The molecule has 0 N–H and O–H groups in total. The number of hydrogen-bond acceptors (Lipinski definition) is 3. The Labute approximate surface area is 192 Å². The lowest BCUT2D eigenvalue weighted by Crippen LogP contribution is -2.16. The van der Waals surface area contributed by atoms with Crippen LogP contribution in [0.3, 0.4) is 0 Å². The minimum Gasteiger partial charge on any atom is -0.394 e. The van der Waals surface area contributed by atoms with Crippen molar-refractivity contribution in [3.8, 4) is 22.6 Å². The number of ether oxygens (including phenoxy) is 2. The summed E-state index contributed by atoms with van der Waals surface area (Å²) in [4.78, 5) is 12.8. The second-order valence-corrected chi connectivity index (χ2v) is 8.12. The molecule has 0 amide bonds. The molecule has 0 aliphatic heterocycles. The quantitative estimate of drug-likeness (QED) is 0.174. The summed E-state index contributed by atoms with van der Waals surface area (Å²) in [5.74, 6) is 1.12. The topological polar surface area (TPSA) is 35.5 Å². The molecular formula is C29H34O3. The maximum absolute atomic E-state index is 12.8. The highest BCUT2D eigenvalue weighted by Crippen LogP contribution is 2.31. The van der Waals surface area contributed by atoms with Gasteiger partial charge in [-0.3, -0.25) is 0 Å². The Balaban J connectivity index is 1.78. The number of carbonyl (C=O) groups excluding carboxylic acids is 1. The van der Waals surface area contributed by atoms with Crippen LogP contribution in [0.4, 0.5) is 4.79 Å². The Morgan fingerprint density at radius 3 is 2.03 bits per heavy atom. The van der Waals surface area contributed by atoms with E-state index in [0.717, 1.165) is 55.2 Å². The van der Waals surface area contributed by atoms with Crippen molar-refractivity contribution in [2.24, 2.45) is 0 Å². The van der Waals surface area contributed by atoms with Gasteiger partial charge in [-0.05, 0) is 54.5 Å². The zero-order chi connectivity index (χ0) is 22.6. The molecule has 168 valence electrons. The van der Waals surface area contributed by atoms with Crippen LogP contribution >= 0.6 is 0 Å². The fraction of sp³-hybridized carbons (Fsp3) is 0.345. The molecule has 0 saturated carbocycles. The summed E-state index contributed by atoms with van der Waals surface area (Å²) in [7, 11) is 0. The lowest BCUT2D eigenvalue weighted by Gasteiger charge is -2.15. The van der Waals surface area contributed by atoms with E-state index in [9.17, 15) is 4.79 Å². The predicted molar refractivity (Wildman–Crippen MR) is 131 cm³/mol.